The summed E-state index contributed by atoms with van der Waals surface area (Å²) >= 11 is 13.2. The van der Waals surface area contributed by atoms with Crippen LogP contribution < -0.4 is 20.2 Å². The number of thiophene rings is 1. The third-order valence-corrected chi connectivity index (χ3v) is 8.06. The lowest BCUT2D eigenvalue weighted by Crippen LogP contribution is -2.32. The van der Waals surface area contributed by atoms with Crippen molar-refractivity contribution in [3.05, 3.63) is 73.6 Å². The Morgan fingerprint density at radius 2 is 1.86 bits per heavy atom. The molecule has 0 spiro atoms. The second-order valence-corrected chi connectivity index (χ2v) is 11.3. The summed E-state index contributed by atoms with van der Waals surface area (Å²) in [7, 11) is 1.39. The monoisotopic (exact) mass is 631 g/mol. The summed E-state index contributed by atoms with van der Waals surface area (Å²) in [6.45, 7) is 4.02. The fourth-order valence-corrected chi connectivity index (χ4v) is 6.17. The van der Waals surface area contributed by atoms with Crippen molar-refractivity contribution >= 4 is 69.5 Å². The molecule has 1 atom stereocenters. The maximum Gasteiger partial charge on any atom is 0.345 e. The third kappa shape index (κ3) is 7.28. The SMILES string of the molecule is CCOC(=O)c1c(NC(=O)C(=O)N/N=C/c2ccc(OC(=O)c3ccc(Cl)cc3Cl)c(OC)c2)sc2c1CCC(C)C2. The number of benzene rings is 2. The molecule has 1 aliphatic rings. The van der Waals surface area contributed by atoms with E-state index in [-0.39, 0.29) is 33.7 Å². The Kier molecular flexibility index (Phi) is 10.2. The van der Waals surface area contributed by atoms with Gasteiger partial charge in [0, 0.05) is 9.90 Å². The maximum absolute atomic E-state index is 12.7. The number of carbonyl (C=O) groups excluding carboxylic acids is 4. The van der Waals surface area contributed by atoms with Gasteiger partial charge in [-0.2, -0.15) is 5.10 Å². The van der Waals surface area contributed by atoms with Gasteiger partial charge in [-0.1, -0.05) is 30.1 Å². The molecule has 1 aliphatic carbocycles. The highest BCUT2D eigenvalue weighted by Crippen LogP contribution is 2.40. The van der Waals surface area contributed by atoms with Crippen LogP contribution in [0.3, 0.4) is 0 Å². The van der Waals surface area contributed by atoms with Crippen LogP contribution in [0.5, 0.6) is 11.5 Å². The Morgan fingerprint density at radius 1 is 1.07 bits per heavy atom. The van der Waals surface area contributed by atoms with E-state index in [0.717, 1.165) is 23.3 Å². The minimum atomic E-state index is -1.03. The van der Waals surface area contributed by atoms with Gasteiger partial charge >= 0.3 is 23.8 Å². The predicted molar refractivity (Wildman–Crippen MR) is 160 cm³/mol. The first kappa shape index (κ1) is 31.0. The number of halogens is 2. The number of nitrogens with zero attached hydrogens (tertiary/aromatic N) is 1. The number of methoxy groups -OCH3 is 1. The fourth-order valence-electron chi connectivity index (χ4n) is 4.29. The number of anilines is 1. The van der Waals surface area contributed by atoms with Crippen LogP contribution in [0.25, 0.3) is 0 Å². The number of amides is 2. The highest BCUT2D eigenvalue weighted by atomic mass is 35.5. The van der Waals surface area contributed by atoms with Gasteiger partial charge in [-0.05, 0) is 79.6 Å². The number of hydrazone groups is 1. The Bertz CT molecular complexity index is 1570. The van der Waals surface area contributed by atoms with Crippen LogP contribution >= 0.6 is 34.5 Å². The Morgan fingerprint density at radius 3 is 2.57 bits per heavy atom. The molecule has 220 valence electrons. The van der Waals surface area contributed by atoms with Crippen LogP contribution in [0, 0.1) is 5.92 Å². The van der Waals surface area contributed by atoms with Crippen LogP contribution in [0.1, 0.15) is 57.0 Å². The van der Waals surface area contributed by atoms with Crippen molar-refractivity contribution in [2.24, 2.45) is 11.0 Å². The Labute approximate surface area is 255 Å². The molecular weight excluding hydrogens is 605 g/mol. The van der Waals surface area contributed by atoms with Gasteiger partial charge in [0.2, 0.25) is 0 Å². The number of fused-ring (bicyclic) bond motifs is 1. The second kappa shape index (κ2) is 13.8. The van der Waals surface area contributed by atoms with Crippen molar-refractivity contribution in [2.75, 3.05) is 19.0 Å². The molecule has 3 aromatic rings. The minimum absolute atomic E-state index is 0.125. The van der Waals surface area contributed by atoms with E-state index in [9.17, 15) is 19.2 Å². The number of carbonyl (C=O) groups is 4. The van der Waals surface area contributed by atoms with Gasteiger partial charge < -0.3 is 19.5 Å². The molecule has 10 nitrogen and oxygen atoms in total. The van der Waals surface area contributed by atoms with Crippen molar-refractivity contribution in [1.82, 2.24) is 5.43 Å². The van der Waals surface area contributed by atoms with Gasteiger partial charge in [0.25, 0.3) is 0 Å². The van der Waals surface area contributed by atoms with E-state index in [2.05, 4.69) is 22.8 Å². The smallest absolute Gasteiger partial charge is 0.345 e. The van der Waals surface area contributed by atoms with Crippen molar-refractivity contribution in [3.63, 3.8) is 0 Å². The average molecular weight is 633 g/mol. The summed E-state index contributed by atoms with van der Waals surface area (Å²) in [6, 6.07) is 8.95. The molecule has 2 aromatic carbocycles. The van der Waals surface area contributed by atoms with E-state index in [4.69, 9.17) is 37.4 Å². The van der Waals surface area contributed by atoms with Crippen LogP contribution in [-0.2, 0) is 27.2 Å². The molecule has 0 saturated heterocycles. The predicted octanol–water partition coefficient (Wildman–Crippen LogP) is 5.67. The lowest BCUT2D eigenvalue weighted by molar-refractivity contribution is -0.136. The minimum Gasteiger partial charge on any atom is -0.493 e. The molecule has 1 heterocycles. The van der Waals surface area contributed by atoms with Gasteiger partial charge in [0.05, 0.1) is 36.1 Å². The van der Waals surface area contributed by atoms with Crippen molar-refractivity contribution in [1.29, 1.82) is 0 Å². The summed E-state index contributed by atoms with van der Waals surface area (Å²) in [5, 5.41) is 7.18. The normalized spacial score (nSPS) is 14.2. The zero-order chi connectivity index (χ0) is 30.4. The van der Waals surface area contributed by atoms with Crippen LogP contribution in [-0.4, -0.2) is 43.7 Å². The zero-order valence-corrected chi connectivity index (χ0v) is 25.2. The highest BCUT2D eigenvalue weighted by molar-refractivity contribution is 7.17. The average Bonchev–Trinajstić information content (AvgIpc) is 3.30. The van der Waals surface area contributed by atoms with E-state index in [0.29, 0.717) is 28.5 Å². The highest BCUT2D eigenvalue weighted by Gasteiger charge is 2.30. The lowest BCUT2D eigenvalue weighted by atomic mass is 9.88. The van der Waals surface area contributed by atoms with Crippen LogP contribution in [0.2, 0.25) is 10.0 Å². The lowest BCUT2D eigenvalue weighted by Gasteiger charge is -2.18. The summed E-state index contributed by atoms with van der Waals surface area (Å²) < 4.78 is 15.9. The number of esters is 2. The molecule has 0 radical (unpaired) electrons. The van der Waals surface area contributed by atoms with E-state index in [1.165, 1.54) is 55.0 Å². The van der Waals surface area contributed by atoms with Gasteiger partial charge in [-0.15, -0.1) is 11.3 Å². The van der Waals surface area contributed by atoms with Crippen molar-refractivity contribution in [2.45, 2.75) is 33.1 Å². The summed E-state index contributed by atoms with van der Waals surface area (Å²) in [4.78, 5) is 51.3. The molecular formula is C29H27Cl2N3O7S. The third-order valence-electron chi connectivity index (χ3n) is 6.35. The number of rotatable bonds is 8. The van der Waals surface area contributed by atoms with Gasteiger partial charge in [-0.25, -0.2) is 15.0 Å². The van der Waals surface area contributed by atoms with Crippen LogP contribution in [0.15, 0.2) is 41.5 Å². The Hall–Kier alpha value is -3.93. The second-order valence-electron chi connectivity index (χ2n) is 9.35. The number of hydrogen-bond acceptors (Lipinski definition) is 9. The molecule has 0 bridgehead atoms. The van der Waals surface area contributed by atoms with E-state index in [1.807, 2.05) is 0 Å². The maximum atomic E-state index is 12.7. The zero-order valence-electron chi connectivity index (χ0n) is 22.9. The first-order valence-corrected chi connectivity index (χ1v) is 14.5. The quantitative estimate of drug-likeness (QED) is 0.108. The van der Waals surface area contributed by atoms with Crippen molar-refractivity contribution in [3.8, 4) is 11.5 Å². The topological polar surface area (TPSA) is 132 Å². The van der Waals surface area contributed by atoms with E-state index < -0.39 is 23.8 Å². The molecule has 0 saturated carbocycles. The molecule has 1 unspecified atom stereocenters. The van der Waals surface area contributed by atoms with Crippen molar-refractivity contribution < 1.29 is 33.4 Å². The van der Waals surface area contributed by atoms with Gasteiger partial charge in [-0.3, -0.25) is 9.59 Å². The molecule has 2 N–H and O–H groups in total. The molecule has 0 fully saturated rings. The first-order chi connectivity index (χ1) is 20.1. The van der Waals surface area contributed by atoms with Crippen LogP contribution in [0.4, 0.5) is 5.00 Å². The number of ether oxygens (including phenoxy) is 3. The van der Waals surface area contributed by atoms with E-state index in [1.54, 1.807) is 13.0 Å². The summed E-state index contributed by atoms with van der Waals surface area (Å²) in [6.07, 6.45) is 3.69. The summed E-state index contributed by atoms with van der Waals surface area (Å²) in [5.74, 6) is -2.46. The number of hydrogen-bond donors (Lipinski definition) is 2. The van der Waals surface area contributed by atoms with E-state index >= 15 is 0 Å². The molecule has 13 heteroatoms. The Balaban J connectivity index is 1.41. The first-order valence-electron chi connectivity index (χ1n) is 12.9. The molecule has 1 aromatic heterocycles. The molecule has 0 aliphatic heterocycles. The summed E-state index contributed by atoms with van der Waals surface area (Å²) in [5.41, 5.74) is 3.94. The van der Waals surface area contributed by atoms with Gasteiger partial charge in [0.1, 0.15) is 5.00 Å². The fraction of sp³-hybridized carbons (Fsp3) is 0.276. The molecule has 42 heavy (non-hydrogen) atoms. The molecule has 4 rings (SSSR count). The molecule has 2 amide bonds. The largest absolute Gasteiger partial charge is 0.493 e. The standard InChI is InChI=1S/C29H27Cl2N3O7S/c1-4-40-29(38)24-19-8-5-15(2)11-23(19)42-27(24)33-25(35)26(36)34-32-14-16-6-10-21(22(12-16)39-3)41-28(37)18-9-7-17(30)13-20(18)31/h6-7,9-10,12-15H,4-5,8,11H2,1-3H3,(H,33,35)(H,34,36)/b32-14+. The van der Waals surface area contributed by atoms with Gasteiger partial charge in [0.15, 0.2) is 11.5 Å². The number of nitrogens with one attached hydrogen (secondary N) is 2.